The average molecular weight is 541 g/mol. The standard InChI is InChI=1S/C24H29FINO4/c1-28-22-16-21(26)23(29-2)15-17(22)7-10-27-11-8-19(9-12-27)24(30-13-14-31-24)18-3-5-20(25)6-4-18/h3-6,15-16,19H,7-14H2,1-2H3. The first-order valence-corrected chi connectivity index (χ1v) is 11.8. The zero-order valence-corrected chi connectivity index (χ0v) is 20.2. The van der Waals surface area contributed by atoms with E-state index in [4.69, 9.17) is 18.9 Å². The molecule has 0 atom stereocenters. The van der Waals surface area contributed by atoms with Gasteiger partial charge in [-0.3, -0.25) is 0 Å². The lowest BCUT2D eigenvalue weighted by molar-refractivity contribution is -0.214. The van der Waals surface area contributed by atoms with Gasteiger partial charge in [-0.1, -0.05) is 12.1 Å². The molecule has 0 aromatic heterocycles. The Kier molecular flexibility index (Phi) is 7.36. The maximum absolute atomic E-state index is 13.4. The molecule has 7 heteroatoms. The van der Waals surface area contributed by atoms with Gasteiger partial charge in [0.1, 0.15) is 17.3 Å². The number of hydrogen-bond donors (Lipinski definition) is 0. The topological polar surface area (TPSA) is 40.2 Å². The number of rotatable bonds is 7. The molecule has 0 amide bonds. The number of halogens is 2. The van der Waals surface area contributed by atoms with Crippen molar-refractivity contribution in [1.82, 2.24) is 4.90 Å². The summed E-state index contributed by atoms with van der Waals surface area (Å²) in [5, 5.41) is 0. The van der Waals surface area contributed by atoms with E-state index in [0.29, 0.717) is 13.2 Å². The van der Waals surface area contributed by atoms with Crippen LogP contribution >= 0.6 is 22.6 Å². The van der Waals surface area contributed by atoms with Crippen LogP contribution in [0.25, 0.3) is 0 Å². The second kappa shape index (κ2) is 10.0. The van der Waals surface area contributed by atoms with Crippen molar-refractivity contribution in [3.63, 3.8) is 0 Å². The summed E-state index contributed by atoms with van der Waals surface area (Å²) in [6.45, 7) is 4.06. The maximum atomic E-state index is 13.4. The molecule has 2 aromatic rings. The highest BCUT2D eigenvalue weighted by Gasteiger charge is 2.46. The van der Waals surface area contributed by atoms with Crippen molar-refractivity contribution in [2.75, 3.05) is 47.1 Å². The monoisotopic (exact) mass is 541 g/mol. The number of ether oxygens (including phenoxy) is 4. The number of methoxy groups -OCH3 is 2. The van der Waals surface area contributed by atoms with Crippen molar-refractivity contribution in [2.24, 2.45) is 5.92 Å². The third-order valence-electron chi connectivity index (χ3n) is 6.34. The molecule has 4 rings (SSSR count). The Morgan fingerprint density at radius 2 is 1.68 bits per heavy atom. The van der Waals surface area contributed by atoms with Gasteiger partial charge in [-0.05, 0) is 84.8 Å². The maximum Gasteiger partial charge on any atom is 0.197 e. The smallest absolute Gasteiger partial charge is 0.197 e. The van der Waals surface area contributed by atoms with Gasteiger partial charge in [0.2, 0.25) is 0 Å². The summed E-state index contributed by atoms with van der Waals surface area (Å²) >= 11 is 2.27. The molecule has 0 saturated carbocycles. The molecule has 5 nitrogen and oxygen atoms in total. The van der Waals surface area contributed by atoms with E-state index in [1.807, 2.05) is 6.07 Å². The molecule has 2 aliphatic heterocycles. The van der Waals surface area contributed by atoms with Crippen LogP contribution in [0.15, 0.2) is 36.4 Å². The molecule has 2 aromatic carbocycles. The molecule has 2 aliphatic rings. The summed E-state index contributed by atoms with van der Waals surface area (Å²) < 4.78 is 37.8. The van der Waals surface area contributed by atoms with Crippen LogP contribution < -0.4 is 9.47 Å². The fraction of sp³-hybridized carbons (Fsp3) is 0.500. The molecule has 0 unspecified atom stereocenters. The van der Waals surface area contributed by atoms with Crippen LogP contribution in [0, 0.1) is 15.3 Å². The average Bonchev–Trinajstić information content (AvgIpc) is 3.30. The first-order valence-electron chi connectivity index (χ1n) is 10.7. The minimum Gasteiger partial charge on any atom is -0.496 e. The van der Waals surface area contributed by atoms with Gasteiger partial charge in [-0.25, -0.2) is 4.39 Å². The highest BCUT2D eigenvalue weighted by Crippen LogP contribution is 2.43. The summed E-state index contributed by atoms with van der Waals surface area (Å²) in [4.78, 5) is 2.48. The Morgan fingerprint density at radius 3 is 2.29 bits per heavy atom. The van der Waals surface area contributed by atoms with E-state index in [1.54, 1.807) is 26.4 Å². The zero-order chi connectivity index (χ0) is 21.8. The van der Waals surface area contributed by atoms with E-state index in [2.05, 4.69) is 33.6 Å². The van der Waals surface area contributed by atoms with Crippen molar-refractivity contribution in [3.8, 4) is 11.5 Å². The molecule has 2 fully saturated rings. The van der Waals surface area contributed by atoms with Gasteiger partial charge in [0.25, 0.3) is 0 Å². The first-order chi connectivity index (χ1) is 15.1. The van der Waals surface area contributed by atoms with Gasteiger partial charge in [0.05, 0.1) is 31.0 Å². The number of benzene rings is 2. The molecule has 0 spiro atoms. The SMILES string of the molecule is COc1cc(CCN2CCC(C3(c4ccc(F)cc4)OCCO3)CC2)c(OC)cc1I. The molecule has 0 radical (unpaired) electrons. The van der Waals surface area contributed by atoms with Crippen LogP contribution in [0.1, 0.15) is 24.0 Å². The summed E-state index contributed by atoms with van der Waals surface area (Å²) in [6.07, 6.45) is 2.85. The largest absolute Gasteiger partial charge is 0.496 e. The Labute approximate surface area is 196 Å². The van der Waals surface area contributed by atoms with E-state index in [0.717, 1.165) is 65.1 Å². The molecular formula is C24H29FINO4. The third kappa shape index (κ3) is 4.84. The Balaban J connectivity index is 1.39. The van der Waals surface area contributed by atoms with Gasteiger partial charge in [0.15, 0.2) is 5.79 Å². The van der Waals surface area contributed by atoms with Crippen LogP contribution in [-0.2, 0) is 21.7 Å². The minimum absolute atomic E-state index is 0.241. The normalized spacial score (nSPS) is 19.5. The molecule has 168 valence electrons. The Bertz CT molecular complexity index is 878. The van der Waals surface area contributed by atoms with Gasteiger partial charge < -0.3 is 23.8 Å². The summed E-state index contributed by atoms with van der Waals surface area (Å²) in [5.74, 6) is 1.06. The van der Waals surface area contributed by atoms with E-state index >= 15 is 0 Å². The predicted molar refractivity (Wildman–Crippen MR) is 125 cm³/mol. The summed E-state index contributed by atoms with van der Waals surface area (Å²) in [7, 11) is 3.41. The van der Waals surface area contributed by atoms with Crippen molar-refractivity contribution in [3.05, 3.63) is 56.9 Å². The lowest BCUT2D eigenvalue weighted by atomic mass is 9.84. The van der Waals surface area contributed by atoms with E-state index in [1.165, 1.54) is 12.1 Å². The first kappa shape index (κ1) is 22.8. The fourth-order valence-electron chi connectivity index (χ4n) is 4.68. The van der Waals surface area contributed by atoms with Crippen molar-refractivity contribution in [2.45, 2.75) is 25.0 Å². The van der Waals surface area contributed by atoms with Crippen molar-refractivity contribution in [1.29, 1.82) is 0 Å². The molecule has 2 saturated heterocycles. The highest BCUT2D eigenvalue weighted by atomic mass is 127. The predicted octanol–water partition coefficient (Wildman–Crippen LogP) is 4.60. The van der Waals surface area contributed by atoms with Crippen LogP contribution in [0.2, 0.25) is 0 Å². The number of piperidine rings is 1. The zero-order valence-electron chi connectivity index (χ0n) is 18.0. The molecular weight excluding hydrogens is 512 g/mol. The van der Waals surface area contributed by atoms with Crippen LogP contribution in [0.3, 0.4) is 0 Å². The Hall–Kier alpha value is -1.42. The van der Waals surface area contributed by atoms with E-state index in [9.17, 15) is 4.39 Å². The minimum atomic E-state index is -0.744. The second-order valence-corrected chi connectivity index (χ2v) is 9.20. The molecule has 31 heavy (non-hydrogen) atoms. The van der Waals surface area contributed by atoms with Crippen molar-refractivity contribution < 1.29 is 23.3 Å². The second-order valence-electron chi connectivity index (χ2n) is 8.04. The fourth-order valence-corrected chi connectivity index (χ4v) is 5.34. The highest BCUT2D eigenvalue weighted by molar-refractivity contribution is 14.1. The summed E-state index contributed by atoms with van der Waals surface area (Å²) in [6, 6.07) is 10.7. The molecule has 2 heterocycles. The Morgan fingerprint density at radius 1 is 1.03 bits per heavy atom. The van der Waals surface area contributed by atoms with Crippen molar-refractivity contribution >= 4 is 22.6 Å². The van der Waals surface area contributed by atoms with Crippen LogP contribution in [0.4, 0.5) is 4.39 Å². The van der Waals surface area contributed by atoms with Gasteiger partial charge in [-0.2, -0.15) is 0 Å². The van der Waals surface area contributed by atoms with Crippen LogP contribution in [-0.4, -0.2) is 52.0 Å². The molecule has 0 N–H and O–H groups in total. The van der Waals surface area contributed by atoms with E-state index in [-0.39, 0.29) is 11.7 Å². The number of hydrogen-bond acceptors (Lipinski definition) is 5. The molecule has 0 bridgehead atoms. The van der Waals surface area contributed by atoms with Gasteiger partial charge >= 0.3 is 0 Å². The van der Waals surface area contributed by atoms with Gasteiger partial charge in [-0.15, -0.1) is 0 Å². The summed E-state index contributed by atoms with van der Waals surface area (Å²) in [5.41, 5.74) is 2.08. The van der Waals surface area contributed by atoms with Gasteiger partial charge in [0, 0.05) is 18.0 Å². The van der Waals surface area contributed by atoms with E-state index < -0.39 is 5.79 Å². The van der Waals surface area contributed by atoms with Crippen LogP contribution in [0.5, 0.6) is 11.5 Å². The number of nitrogens with zero attached hydrogens (tertiary/aromatic N) is 1. The molecule has 0 aliphatic carbocycles. The quantitative estimate of drug-likeness (QED) is 0.480. The number of likely N-dealkylation sites (tertiary alicyclic amines) is 1. The third-order valence-corrected chi connectivity index (χ3v) is 7.18. The lowest BCUT2D eigenvalue weighted by Gasteiger charge is -2.41. The lowest BCUT2D eigenvalue weighted by Crippen LogP contribution is -2.44.